The molecule has 0 amide bonds. The Morgan fingerprint density at radius 3 is 1.86 bits per heavy atom. The van der Waals surface area contributed by atoms with E-state index in [1.807, 2.05) is 60.7 Å². The van der Waals surface area contributed by atoms with Crippen molar-refractivity contribution in [3.63, 3.8) is 0 Å². The highest BCUT2D eigenvalue weighted by Crippen LogP contribution is 2.26. The molecule has 0 bridgehead atoms. The topological polar surface area (TPSA) is 134 Å². The Bertz CT molecular complexity index is 1340. The zero-order valence-corrected chi connectivity index (χ0v) is 19.9. The molecule has 0 aliphatic heterocycles. The summed E-state index contributed by atoms with van der Waals surface area (Å²) in [5.41, 5.74) is 9.09. The van der Waals surface area contributed by atoms with E-state index in [2.05, 4.69) is 5.32 Å². The van der Waals surface area contributed by atoms with Gasteiger partial charge in [-0.1, -0.05) is 42.5 Å². The number of nitro groups is 2. The van der Waals surface area contributed by atoms with Gasteiger partial charge in [-0.25, -0.2) is 0 Å². The number of ether oxygens (including phenoxy) is 1. The lowest BCUT2D eigenvalue weighted by molar-refractivity contribution is -0.385. The molecular weight excluding hydrogens is 460 g/mol. The predicted octanol–water partition coefficient (Wildman–Crippen LogP) is 6.79. The fourth-order valence-electron chi connectivity index (χ4n) is 3.35. The normalized spacial score (nSPS) is 10.1. The maximum atomic E-state index is 11.0. The Morgan fingerprint density at radius 2 is 1.28 bits per heavy atom. The molecule has 0 fully saturated rings. The number of hydrogen-bond acceptors (Lipinski definition) is 7. The highest BCUT2D eigenvalue weighted by atomic mass is 16.6. The first-order valence-electron chi connectivity index (χ1n) is 11.1. The third-order valence-corrected chi connectivity index (χ3v) is 5.43. The number of hydrogen-bond donors (Lipinski definition) is 2. The summed E-state index contributed by atoms with van der Waals surface area (Å²) in [7, 11) is 0. The molecule has 9 nitrogen and oxygen atoms in total. The highest BCUT2D eigenvalue weighted by Gasteiger charge is 2.13. The van der Waals surface area contributed by atoms with E-state index in [9.17, 15) is 20.2 Å². The molecular formula is C27H26N4O5. The van der Waals surface area contributed by atoms with Crippen LogP contribution in [0.4, 0.5) is 22.7 Å². The summed E-state index contributed by atoms with van der Waals surface area (Å²) in [6.45, 7) is 3.96. The van der Waals surface area contributed by atoms with Crippen LogP contribution in [0.3, 0.4) is 0 Å². The average molecular weight is 487 g/mol. The lowest BCUT2D eigenvalue weighted by Gasteiger charge is -2.10. The predicted molar refractivity (Wildman–Crippen MR) is 140 cm³/mol. The van der Waals surface area contributed by atoms with Crippen molar-refractivity contribution in [2.75, 3.05) is 11.1 Å². The Hall–Kier alpha value is -4.92. The summed E-state index contributed by atoms with van der Waals surface area (Å²) in [4.78, 5) is 20.5. The van der Waals surface area contributed by atoms with Gasteiger partial charge in [0.05, 0.1) is 9.85 Å². The van der Waals surface area contributed by atoms with Crippen molar-refractivity contribution in [2.24, 2.45) is 0 Å². The van der Waals surface area contributed by atoms with Crippen molar-refractivity contribution in [3.05, 3.63) is 128 Å². The summed E-state index contributed by atoms with van der Waals surface area (Å²) in [5.74, 6) is 1.56. The van der Waals surface area contributed by atoms with E-state index in [1.165, 1.54) is 12.1 Å². The molecule has 0 saturated carbocycles. The maximum Gasteiger partial charge on any atom is 0.274 e. The molecule has 0 atom stereocenters. The molecule has 0 unspecified atom stereocenters. The van der Waals surface area contributed by atoms with E-state index < -0.39 is 4.92 Å². The summed E-state index contributed by atoms with van der Waals surface area (Å²) in [6.07, 6.45) is 0. The molecule has 4 rings (SSSR count). The van der Waals surface area contributed by atoms with Gasteiger partial charge in [0.2, 0.25) is 0 Å². The zero-order chi connectivity index (χ0) is 26.1. The molecule has 4 aromatic carbocycles. The van der Waals surface area contributed by atoms with Crippen LogP contribution in [0.2, 0.25) is 0 Å². The number of nitrogens with zero attached hydrogens (tertiary/aromatic N) is 2. The Labute approximate surface area is 208 Å². The van der Waals surface area contributed by atoms with Crippen LogP contribution in [0, 0.1) is 34.1 Å². The van der Waals surface area contributed by atoms with E-state index in [0.29, 0.717) is 23.4 Å². The van der Waals surface area contributed by atoms with Crippen molar-refractivity contribution in [1.82, 2.24) is 0 Å². The summed E-state index contributed by atoms with van der Waals surface area (Å²) in [6, 6.07) is 27.0. The van der Waals surface area contributed by atoms with Gasteiger partial charge in [-0.2, -0.15) is 0 Å². The molecule has 0 aliphatic rings. The quantitative estimate of drug-likeness (QED) is 0.167. The molecule has 9 heteroatoms. The number of anilines is 2. The minimum atomic E-state index is -0.439. The summed E-state index contributed by atoms with van der Waals surface area (Å²) >= 11 is 0. The average Bonchev–Trinajstić information content (AvgIpc) is 2.86. The van der Waals surface area contributed by atoms with Crippen LogP contribution in [-0.4, -0.2) is 9.85 Å². The SMILES string of the molecule is Cc1c(N)cccc1[N+](=O)[O-].Cc1c(NCc2ccc(Oc3ccccc3)cc2)cccc1[N+](=O)[O-]. The first-order valence-corrected chi connectivity index (χ1v) is 11.1. The summed E-state index contributed by atoms with van der Waals surface area (Å²) < 4.78 is 5.76. The molecule has 36 heavy (non-hydrogen) atoms. The van der Waals surface area contributed by atoms with E-state index in [4.69, 9.17) is 10.5 Å². The van der Waals surface area contributed by atoms with Crippen LogP contribution in [0.15, 0.2) is 91.0 Å². The van der Waals surface area contributed by atoms with Crippen molar-refractivity contribution in [1.29, 1.82) is 0 Å². The molecule has 4 aromatic rings. The lowest BCUT2D eigenvalue weighted by atomic mass is 10.1. The Balaban J connectivity index is 0.000000275. The molecule has 0 heterocycles. The van der Waals surface area contributed by atoms with Crippen molar-refractivity contribution >= 4 is 22.7 Å². The van der Waals surface area contributed by atoms with Crippen LogP contribution >= 0.6 is 0 Å². The van der Waals surface area contributed by atoms with Crippen LogP contribution < -0.4 is 15.8 Å². The molecule has 0 spiro atoms. The highest BCUT2D eigenvalue weighted by molar-refractivity contribution is 5.60. The fraction of sp³-hybridized carbons (Fsp3) is 0.111. The molecule has 0 radical (unpaired) electrons. The van der Waals surface area contributed by atoms with Crippen molar-refractivity contribution < 1.29 is 14.6 Å². The van der Waals surface area contributed by atoms with Crippen LogP contribution in [-0.2, 0) is 6.54 Å². The second kappa shape index (κ2) is 12.0. The number of nitrogen functional groups attached to an aromatic ring is 1. The first-order chi connectivity index (χ1) is 17.3. The van der Waals surface area contributed by atoms with Crippen LogP contribution in [0.1, 0.15) is 16.7 Å². The van der Waals surface area contributed by atoms with E-state index in [0.717, 1.165) is 22.7 Å². The second-order valence-electron chi connectivity index (χ2n) is 7.87. The smallest absolute Gasteiger partial charge is 0.274 e. The Kier molecular flexibility index (Phi) is 8.55. The Morgan fingerprint density at radius 1 is 0.722 bits per heavy atom. The fourth-order valence-corrected chi connectivity index (χ4v) is 3.35. The van der Waals surface area contributed by atoms with Gasteiger partial charge in [0.1, 0.15) is 11.5 Å². The number of nitrogens with one attached hydrogen (secondary N) is 1. The van der Waals surface area contributed by atoms with Crippen molar-refractivity contribution in [2.45, 2.75) is 20.4 Å². The van der Waals surface area contributed by atoms with Crippen LogP contribution in [0.5, 0.6) is 11.5 Å². The van der Waals surface area contributed by atoms with Crippen LogP contribution in [0.25, 0.3) is 0 Å². The molecule has 0 saturated heterocycles. The van der Waals surface area contributed by atoms with E-state index >= 15 is 0 Å². The number of nitro benzene ring substituents is 2. The molecule has 0 aliphatic carbocycles. The van der Waals surface area contributed by atoms with Crippen molar-refractivity contribution in [3.8, 4) is 11.5 Å². The monoisotopic (exact) mass is 486 g/mol. The third kappa shape index (κ3) is 6.80. The summed E-state index contributed by atoms with van der Waals surface area (Å²) in [5, 5.41) is 24.6. The van der Waals surface area contributed by atoms with Gasteiger partial charge in [0.25, 0.3) is 11.4 Å². The zero-order valence-electron chi connectivity index (χ0n) is 19.9. The standard InChI is InChI=1S/C20H18N2O3.C7H8N2O2/c1-15-19(8-5-9-20(15)22(23)24)21-14-16-10-12-18(13-11-16)25-17-6-3-2-4-7-17;1-5-6(8)3-2-4-7(5)9(10)11/h2-13,21H,14H2,1H3;2-4H,8H2,1H3. The first kappa shape index (κ1) is 25.7. The largest absolute Gasteiger partial charge is 0.457 e. The maximum absolute atomic E-state index is 11.0. The lowest BCUT2D eigenvalue weighted by Crippen LogP contribution is -2.02. The van der Waals surface area contributed by atoms with Gasteiger partial charge in [-0.3, -0.25) is 20.2 Å². The van der Waals surface area contributed by atoms with Gasteiger partial charge in [-0.15, -0.1) is 0 Å². The van der Waals surface area contributed by atoms with Gasteiger partial charge in [0, 0.05) is 41.2 Å². The molecule has 3 N–H and O–H groups in total. The minimum absolute atomic E-state index is 0.0741. The number of nitrogens with two attached hydrogens (primary N) is 1. The van der Waals surface area contributed by atoms with Gasteiger partial charge in [0.15, 0.2) is 0 Å². The molecule has 0 aromatic heterocycles. The van der Waals surface area contributed by atoms with Gasteiger partial charge < -0.3 is 15.8 Å². The minimum Gasteiger partial charge on any atom is -0.457 e. The number of benzene rings is 4. The second-order valence-corrected chi connectivity index (χ2v) is 7.87. The molecule has 184 valence electrons. The van der Waals surface area contributed by atoms with Gasteiger partial charge >= 0.3 is 0 Å². The van der Waals surface area contributed by atoms with Gasteiger partial charge in [-0.05, 0) is 55.8 Å². The third-order valence-electron chi connectivity index (χ3n) is 5.43. The number of para-hydroxylation sites is 1. The van der Waals surface area contributed by atoms with E-state index in [-0.39, 0.29) is 16.3 Å². The van der Waals surface area contributed by atoms with E-state index in [1.54, 1.807) is 32.0 Å². The number of rotatable bonds is 7.